The fraction of sp³-hybridized carbons (Fsp3) is 0.200. The van der Waals surface area contributed by atoms with Crippen LogP contribution in [0.25, 0.3) is 10.6 Å². The van der Waals surface area contributed by atoms with Gasteiger partial charge in [0.25, 0.3) is 0 Å². The minimum Gasteiger partial charge on any atom is -0.350 e. The predicted molar refractivity (Wildman–Crippen MR) is 86.4 cm³/mol. The summed E-state index contributed by atoms with van der Waals surface area (Å²) in [4.78, 5) is 14.1. The van der Waals surface area contributed by atoms with Crippen LogP contribution in [-0.4, -0.2) is 15.7 Å². The highest BCUT2D eigenvalue weighted by Crippen LogP contribution is 2.24. The number of thiophene rings is 2. The van der Waals surface area contributed by atoms with Gasteiger partial charge in [-0.25, -0.2) is 0 Å². The molecule has 0 aromatic carbocycles. The lowest BCUT2D eigenvalue weighted by atomic mass is 10.3. The molecule has 4 nitrogen and oxygen atoms in total. The van der Waals surface area contributed by atoms with Crippen LogP contribution in [0, 0.1) is 0 Å². The van der Waals surface area contributed by atoms with E-state index in [9.17, 15) is 4.79 Å². The first kappa shape index (κ1) is 14.0. The van der Waals surface area contributed by atoms with Crippen LogP contribution in [0.1, 0.15) is 10.6 Å². The molecular formula is C15H15N3OS2. The minimum absolute atomic E-state index is 0.0285. The van der Waals surface area contributed by atoms with Crippen molar-refractivity contribution in [2.24, 2.45) is 7.05 Å². The Kier molecular flexibility index (Phi) is 4.17. The third-order valence-electron chi connectivity index (χ3n) is 3.09. The molecule has 6 heteroatoms. The largest absolute Gasteiger partial charge is 0.350 e. The molecule has 0 spiro atoms. The third kappa shape index (κ3) is 3.40. The van der Waals surface area contributed by atoms with Crippen molar-refractivity contribution < 1.29 is 4.79 Å². The average molecular weight is 317 g/mol. The SMILES string of the molecule is Cn1nc(CNC(=O)Cc2cccs2)cc1-c1cccs1. The van der Waals surface area contributed by atoms with E-state index in [0.717, 1.165) is 16.3 Å². The summed E-state index contributed by atoms with van der Waals surface area (Å²) in [5, 5.41) is 11.4. The fourth-order valence-corrected chi connectivity index (χ4v) is 3.57. The Hall–Kier alpha value is -1.92. The molecule has 0 radical (unpaired) electrons. The average Bonchev–Trinajstić information content (AvgIpc) is 3.17. The second-order valence-corrected chi connectivity index (χ2v) is 6.63. The third-order valence-corrected chi connectivity index (χ3v) is 4.85. The number of aryl methyl sites for hydroxylation is 1. The lowest BCUT2D eigenvalue weighted by Crippen LogP contribution is -2.24. The summed E-state index contributed by atoms with van der Waals surface area (Å²) in [5.41, 5.74) is 1.95. The molecule has 21 heavy (non-hydrogen) atoms. The van der Waals surface area contributed by atoms with Crippen LogP contribution >= 0.6 is 22.7 Å². The molecule has 1 amide bonds. The van der Waals surface area contributed by atoms with Gasteiger partial charge in [-0.15, -0.1) is 22.7 Å². The van der Waals surface area contributed by atoms with Gasteiger partial charge in [0.2, 0.25) is 5.91 Å². The quantitative estimate of drug-likeness (QED) is 0.786. The topological polar surface area (TPSA) is 46.9 Å². The number of rotatable bonds is 5. The molecule has 0 unspecified atom stereocenters. The summed E-state index contributed by atoms with van der Waals surface area (Å²) < 4.78 is 1.85. The van der Waals surface area contributed by atoms with Crippen molar-refractivity contribution in [3.63, 3.8) is 0 Å². The van der Waals surface area contributed by atoms with E-state index in [1.165, 1.54) is 4.88 Å². The van der Waals surface area contributed by atoms with Crippen LogP contribution in [0.4, 0.5) is 0 Å². The summed E-state index contributed by atoms with van der Waals surface area (Å²) in [5.74, 6) is 0.0285. The Morgan fingerprint density at radius 2 is 2.10 bits per heavy atom. The van der Waals surface area contributed by atoms with E-state index in [1.807, 2.05) is 46.8 Å². The summed E-state index contributed by atoms with van der Waals surface area (Å²) in [6, 6.07) is 10.0. The number of carbonyl (C=O) groups excluding carboxylic acids is 1. The van der Waals surface area contributed by atoms with Gasteiger partial charge in [-0.3, -0.25) is 9.48 Å². The lowest BCUT2D eigenvalue weighted by molar-refractivity contribution is -0.120. The molecule has 1 N–H and O–H groups in total. The van der Waals surface area contributed by atoms with E-state index in [0.29, 0.717) is 13.0 Å². The zero-order valence-corrected chi connectivity index (χ0v) is 13.2. The van der Waals surface area contributed by atoms with Crippen molar-refractivity contribution in [3.05, 3.63) is 51.7 Å². The van der Waals surface area contributed by atoms with E-state index < -0.39 is 0 Å². The maximum absolute atomic E-state index is 11.9. The molecule has 0 aliphatic rings. The Morgan fingerprint density at radius 1 is 1.29 bits per heavy atom. The zero-order chi connectivity index (χ0) is 14.7. The zero-order valence-electron chi connectivity index (χ0n) is 11.6. The molecule has 0 aliphatic heterocycles. The molecule has 0 saturated heterocycles. The molecule has 108 valence electrons. The van der Waals surface area contributed by atoms with Crippen LogP contribution in [0.3, 0.4) is 0 Å². The van der Waals surface area contributed by atoms with Crippen LogP contribution in [0.15, 0.2) is 41.1 Å². The van der Waals surface area contributed by atoms with E-state index in [-0.39, 0.29) is 5.91 Å². The molecule has 0 saturated carbocycles. The Morgan fingerprint density at radius 3 is 2.81 bits per heavy atom. The van der Waals surface area contributed by atoms with Crippen molar-refractivity contribution in [2.45, 2.75) is 13.0 Å². The highest BCUT2D eigenvalue weighted by molar-refractivity contribution is 7.13. The smallest absolute Gasteiger partial charge is 0.225 e. The maximum Gasteiger partial charge on any atom is 0.225 e. The van der Waals surface area contributed by atoms with Crippen molar-refractivity contribution in [2.75, 3.05) is 0 Å². The summed E-state index contributed by atoms with van der Waals surface area (Å²) in [6.45, 7) is 0.462. The molecule has 0 aliphatic carbocycles. The molecule has 3 heterocycles. The summed E-state index contributed by atoms with van der Waals surface area (Å²) in [6.07, 6.45) is 0.433. The number of hydrogen-bond acceptors (Lipinski definition) is 4. The number of carbonyl (C=O) groups is 1. The molecule has 3 rings (SSSR count). The van der Waals surface area contributed by atoms with Crippen molar-refractivity contribution in [3.8, 4) is 10.6 Å². The second kappa shape index (κ2) is 6.24. The number of hydrogen-bond donors (Lipinski definition) is 1. The van der Waals surface area contributed by atoms with Gasteiger partial charge in [0.15, 0.2) is 0 Å². The van der Waals surface area contributed by atoms with Gasteiger partial charge in [0.05, 0.1) is 29.2 Å². The van der Waals surface area contributed by atoms with Gasteiger partial charge in [-0.2, -0.15) is 5.10 Å². The summed E-state index contributed by atoms with van der Waals surface area (Å²) in [7, 11) is 1.92. The molecule has 3 aromatic rings. The monoisotopic (exact) mass is 317 g/mol. The van der Waals surface area contributed by atoms with E-state index in [4.69, 9.17) is 0 Å². The number of aromatic nitrogens is 2. The first-order valence-electron chi connectivity index (χ1n) is 6.58. The number of amides is 1. The van der Waals surface area contributed by atoms with Gasteiger partial charge in [-0.05, 0) is 29.0 Å². The highest BCUT2D eigenvalue weighted by Gasteiger charge is 2.10. The lowest BCUT2D eigenvalue weighted by Gasteiger charge is -2.01. The van der Waals surface area contributed by atoms with Gasteiger partial charge in [0, 0.05) is 11.9 Å². The van der Waals surface area contributed by atoms with Crippen LogP contribution < -0.4 is 5.32 Å². The molecule has 3 aromatic heterocycles. The minimum atomic E-state index is 0.0285. The van der Waals surface area contributed by atoms with E-state index in [2.05, 4.69) is 16.5 Å². The van der Waals surface area contributed by atoms with Gasteiger partial charge in [0.1, 0.15) is 0 Å². The Labute approximate surface area is 131 Å². The van der Waals surface area contributed by atoms with Crippen LogP contribution in [0.2, 0.25) is 0 Å². The van der Waals surface area contributed by atoms with Gasteiger partial charge >= 0.3 is 0 Å². The highest BCUT2D eigenvalue weighted by atomic mass is 32.1. The predicted octanol–water partition coefficient (Wildman–Crippen LogP) is 3.07. The first-order valence-corrected chi connectivity index (χ1v) is 8.34. The van der Waals surface area contributed by atoms with Crippen molar-refractivity contribution in [1.29, 1.82) is 0 Å². The second-order valence-electron chi connectivity index (χ2n) is 4.65. The Bertz CT molecular complexity index is 714. The molecular weight excluding hydrogens is 302 g/mol. The fourth-order valence-electron chi connectivity index (χ4n) is 2.09. The first-order chi connectivity index (χ1) is 10.2. The van der Waals surface area contributed by atoms with E-state index in [1.54, 1.807) is 22.7 Å². The van der Waals surface area contributed by atoms with Gasteiger partial charge in [-0.1, -0.05) is 12.1 Å². The van der Waals surface area contributed by atoms with Crippen LogP contribution in [-0.2, 0) is 24.8 Å². The Balaban J connectivity index is 1.61. The van der Waals surface area contributed by atoms with Crippen molar-refractivity contribution >= 4 is 28.6 Å². The standard InChI is InChI=1S/C15H15N3OS2/c1-18-13(14-5-3-7-21-14)8-11(17-18)10-16-15(19)9-12-4-2-6-20-12/h2-8H,9-10H2,1H3,(H,16,19). The van der Waals surface area contributed by atoms with E-state index >= 15 is 0 Å². The number of nitrogens with one attached hydrogen (secondary N) is 1. The van der Waals surface area contributed by atoms with Gasteiger partial charge < -0.3 is 5.32 Å². The number of nitrogens with zero attached hydrogens (tertiary/aromatic N) is 2. The molecule has 0 atom stereocenters. The normalized spacial score (nSPS) is 10.7. The van der Waals surface area contributed by atoms with Crippen LogP contribution in [0.5, 0.6) is 0 Å². The summed E-state index contributed by atoms with van der Waals surface area (Å²) >= 11 is 3.28. The van der Waals surface area contributed by atoms with Crippen molar-refractivity contribution in [1.82, 2.24) is 15.1 Å². The maximum atomic E-state index is 11.9. The molecule has 0 bridgehead atoms. The molecule has 0 fully saturated rings.